The van der Waals surface area contributed by atoms with Gasteiger partial charge in [-0.2, -0.15) is 0 Å². The van der Waals surface area contributed by atoms with E-state index in [1.807, 2.05) is 29.4 Å². The lowest BCUT2D eigenvalue weighted by Crippen LogP contribution is -2.35. The Labute approximate surface area is 190 Å². The topological polar surface area (TPSA) is 61.9 Å². The number of hydrogen-bond donors (Lipinski definition) is 1. The van der Waals surface area contributed by atoms with Gasteiger partial charge in [0.2, 0.25) is 0 Å². The van der Waals surface area contributed by atoms with E-state index in [0.717, 1.165) is 71.6 Å². The first-order valence-corrected chi connectivity index (χ1v) is 11.5. The monoisotopic (exact) mass is 486 g/mol. The van der Waals surface area contributed by atoms with Crippen molar-refractivity contribution in [2.75, 3.05) is 13.1 Å². The zero-order chi connectivity index (χ0) is 21.1. The number of carbonyl (C=O) groups is 1. The molecule has 0 spiro atoms. The maximum Gasteiger partial charge on any atom is 0.255 e. The van der Waals surface area contributed by atoms with Gasteiger partial charge in [-0.3, -0.25) is 9.78 Å². The molecule has 0 atom stereocenters. The third-order valence-electron chi connectivity index (χ3n) is 5.38. The number of aromatic nitrogens is 3. The van der Waals surface area contributed by atoms with Crippen LogP contribution in [0, 0.1) is 0 Å². The first-order valence-electron chi connectivity index (χ1n) is 10.4. The molecule has 156 valence electrons. The first-order chi connectivity index (χ1) is 14.6. The summed E-state index contributed by atoms with van der Waals surface area (Å²) in [7, 11) is 0. The number of aryl methyl sites for hydroxylation is 1. The maximum atomic E-state index is 12.9. The van der Waals surface area contributed by atoms with Gasteiger partial charge < -0.3 is 9.88 Å². The smallest absolute Gasteiger partial charge is 0.255 e. The number of amides is 1. The standard InChI is InChI=1S/C23H24BrClN4O/c1-2-6-16-11-15(7-8-26-16)22-27-14-21(28-22)18-12-19(24)17(13-20(18)25)23(30)29-9-4-3-5-10-29/h7-8,11-14H,2-6,9-10H2,1H3,(H,27,28). The Hall–Kier alpha value is -2.18. The van der Waals surface area contributed by atoms with E-state index in [1.165, 1.54) is 6.42 Å². The highest BCUT2D eigenvalue weighted by molar-refractivity contribution is 9.10. The molecule has 1 aliphatic rings. The van der Waals surface area contributed by atoms with Crippen LogP contribution in [0.1, 0.15) is 48.7 Å². The SMILES string of the molecule is CCCc1cc(-c2nc(-c3cc(Br)c(C(=O)N4CCCCC4)cc3Cl)c[nH]2)ccn1. The number of aromatic amines is 1. The summed E-state index contributed by atoms with van der Waals surface area (Å²) in [5, 5.41) is 0.512. The molecule has 30 heavy (non-hydrogen) atoms. The van der Waals surface area contributed by atoms with Gasteiger partial charge in [0.25, 0.3) is 5.91 Å². The van der Waals surface area contributed by atoms with Crippen LogP contribution in [0.15, 0.2) is 41.1 Å². The van der Waals surface area contributed by atoms with Crippen molar-refractivity contribution in [3.05, 3.63) is 57.4 Å². The van der Waals surface area contributed by atoms with Crippen LogP contribution in [-0.2, 0) is 6.42 Å². The molecule has 1 saturated heterocycles. The molecule has 7 heteroatoms. The quantitative estimate of drug-likeness (QED) is 0.470. The summed E-state index contributed by atoms with van der Waals surface area (Å²) in [6.07, 6.45) is 8.94. The predicted octanol–water partition coefficient (Wildman–Crippen LogP) is 6.13. The number of piperidine rings is 1. The van der Waals surface area contributed by atoms with Crippen molar-refractivity contribution in [2.45, 2.75) is 39.0 Å². The van der Waals surface area contributed by atoms with Gasteiger partial charge in [0.05, 0.1) is 16.3 Å². The molecule has 2 aromatic heterocycles. The van der Waals surface area contributed by atoms with Crippen LogP contribution in [0.4, 0.5) is 0 Å². The van der Waals surface area contributed by atoms with Crippen LogP contribution in [0.25, 0.3) is 22.6 Å². The molecule has 3 heterocycles. The number of pyridine rings is 1. The minimum absolute atomic E-state index is 0.0259. The van der Waals surface area contributed by atoms with Crippen LogP contribution in [-0.4, -0.2) is 38.8 Å². The Morgan fingerprint density at radius 2 is 2.03 bits per heavy atom. The number of imidazole rings is 1. The van der Waals surface area contributed by atoms with E-state index in [-0.39, 0.29) is 5.91 Å². The van der Waals surface area contributed by atoms with E-state index in [4.69, 9.17) is 16.6 Å². The highest BCUT2D eigenvalue weighted by Gasteiger charge is 2.22. The van der Waals surface area contributed by atoms with E-state index >= 15 is 0 Å². The molecule has 3 aromatic rings. The van der Waals surface area contributed by atoms with E-state index in [0.29, 0.717) is 10.6 Å². The Morgan fingerprint density at radius 1 is 1.23 bits per heavy atom. The van der Waals surface area contributed by atoms with Gasteiger partial charge in [-0.25, -0.2) is 4.98 Å². The molecule has 0 saturated carbocycles. The highest BCUT2D eigenvalue weighted by atomic mass is 79.9. The van der Waals surface area contributed by atoms with E-state index in [1.54, 1.807) is 6.07 Å². The van der Waals surface area contributed by atoms with Crippen molar-refractivity contribution in [3.8, 4) is 22.6 Å². The number of carbonyl (C=O) groups excluding carboxylic acids is 1. The van der Waals surface area contributed by atoms with Crippen LogP contribution in [0.2, 0.25) is 5.02 Å². The molecular weight excluding hydrogens is 464 g/mol. The molecule has 1 N–H and O–H groups in total. The fourth-order valence-electron chi connectivity index (χ4n) is 3.80. The number of H-pyrrole nitrogens is 1. The van der Waals surface area contributed by atoms with Crippen LogP contribution >= 0.6 is 27.5 Å². The third-order valence-corrected chi connectivity index (χ3v) is 6.35. The molecule has 1 aliphatic heterocycles. The fourth-order valence-corrected chi connectivity index (χ4v) is 4.57. The molecule has 5 nitrogen and oxygen atoms in total. The molecule has 1 amide bonds. The molecule has 4 rings (SSSR count). The van der Waals surface area contributed by atoms with Crippen LogP contribution in [0.3, 0.4) is 0 Å². The number of halogens is 2. The summed E-state index contributed by atoms with van der Waals surface area (Å²) in [6, 6.07) is 7.64. The second-order valence-corrected chi connectivity index (χ2v) is 8.85. The lowest BCUT2D eigenvalue weighted by Gasteiger charge is -2.27. The average Bonchev–Trinajstić information content (AvgIpc) is 3.26. The predicted molar refractivity (Wildman–Crippen MR) is 124 cm³/mol. The van der Waals surface area contributed by atoms with Gasteiger partial charge in [-0.1, -0.05) is 24.9 Å². The van der Waals surface area contributed by atoms with E-state index in [9.17, 15) is 4.79 Å². The summed E-state index contributed by atoms with van der Waals surface area (Å²) in [4.78, 5) is 27.2. The third kappa shape index (κ3) is 4.44. The van der Waals surface area contributed by atoms with Crippen molar-refractivity contribution in [1.82, 2.24) is 19.9 Å². The lowest BCUT2D eigenvalue weighted by atomic mass is 10.1. The minimum atomic E-state index is 0.0259. The summed E-state index contributed by atoms with van der Waals surface area (Å²) in [5.41, 5.74) is 4.16. The molecule has 0 aliphatic carbocycles. The van der Waals surface area contributed by atoms with Gasteiger partial charge in [0.1, 0.15) is 5.82 Å². The number of hydrogen-bond acceptors (Lipinski definition) is 3. The lowest BCUT2D eigenvalue weighted by molar-refractivity contribution is 0.0723. The normalized spacial score (nSPS) is 14.2. The number of likely N-dealkylation sites (tertiary alicyclic amines) is 1. The summed E-state index contributed by atoms with van der Waals surface area (Å²) in [6.45, 7) is 3.75. The van der Waals surface area contributed by atoms with Gasteiger partial charge in [0.15, 0.2) is 0 Å². The van der Waals surface area contributed by atoms with Crippen molar-refractivity contribution in [1.29, 1.82) is 0 Å². The Bertz CT molecular complexity index is 1060. The van der Waals surface area contributed by atoms with Gasteiger partial charge in [-0.15, -0.1) is 0 Å². The van der Waals surface area contributed by atoms with Crippen molar-refractivity contribution in [2.24, 2.45) is 0 Å². The molecule has 1 aromatic carbocycles. The molecule has 0 bridgehead atoms. The van der Waals surface area contributed by atoms with Crippen molar-refractivity contribution < 1.29 is 4.79 Å². The number of nitrogens with zero attached hydrogens (tertiary/aromatic N) is 3. The first kappa shape index (κ1) is 21.1. The van der Waals surface area contributed by atoms with Crippen LogP contribution < -0.4 is 0 Å². The summed E-state index contributed by atoms with van der Waals surface area (Å²) >= 11 is 10.2. The highest BCUT2D eigenvalue weighted by Crippen LogP contribution is 2.34. The minimum Gasteiger partial charge on any atom is -0.344 e. The molecule has 1 fully saturated rings. The number of nitrogens with one attached hydrogen (secondary N) is 1. The maximum absolute atomic E-state index is 12.9. The number of rotatable bonds is 5. The van der Waals surface area contributed by atoms with Gasteiger partial charge in [-0.05, 0) is 65.9 Å². The largest absolute Gasteiger partial charge is 0.344 e. The van der Waals surface area contributed by atoms with Gasteiger partial charge >= 0.3 is 0 Å². The second kappa shape index (κ2) is 9.31. The van der Waals surface area contributed by atoms with E-state index in [2.05, 4.69) is 38.9 Å². The zero-order valence-corrected chi connectivity index (χ0v) is 19.3. The fraction of sp³-hybridized carbons (Fsp3) is 0.348. The van der Waals surface area contributed by atoms with Crippen molar-refractivity contribution in [3.63, 3.8) is 0 Å². The molecule has 0 radical (unpaired) electrons. The number of benzene rings is 1. The Balaban J connectivity index is 1.61. The molecular formula is C23H24BrClN4O. The molecule has 0 unspecified atom stereocenters. The average molecular weight is 488 g/mol. The summed E-state index contributed by atoms with van der Waals surface area (Å²) < 4.78 is 0.733. The van der Waals surface area contributed by atoms with E-state index < -0.39 is 0 Å². The van der Waals surface area contributed by atoms with Gasteiger partial charge in [0, 0.05) is 46.8 Å². The second-order valence-electron chi connectivity index (χ2n) is 7.58. The zero-order valence-electron chi connectivity index (χ0n) is 16.9. The summed E-state index contributed by atoms with van der Waals surface area (Å²) in [5.74, 6) is 0.795. The Morgan fingerprint density at radius 3 is 2.80 bits per heavy atom. The Kier molecular flexibility index (Phi) is 6.54. The van der Waals surface area contributed by atoms with Crippen LogP contribution in [0.5, 0.6) is 0 Å². The van der Waals surface area contributed by atoms with Crippen molar-refractivity contribution >= 4 is 33.4 Å².